The lowest BCUT2D eigenvalue weighted by atomic mass is 9.98. The maximum atomic E-state index is 11.5. The van der Waals surface area contributed by atoms with Gasteiger partial charge in [-0.3, -0.25) is 9.59 Å². The summed E-state index contributed by atoms with van der Waals surface area (Å²) in [6.07, 6.45) is 3.44. The van der Waals surface area contributed by atoms with E-state index in [4.69, 9.17) is 4.74 Å². The largest absolute Gasteiger partial charge is 0.465 e. The molecule has 0 amide bonds. The third-order valence-corrected chi connectivity index (χ3v) is 2.45. The van der Waals surface area contributed by atoms with Gasteiger partial charge in [0.15, 0.2) is 0 Å². The van der Waals surface area contributed by atoms with Crippen molar-refractivity contribution >= 4 is 11.8 Å². The van der Waals surface area contributed by atoms with Crippen molar-refractivity contribution in [3.05, 3.63) is 0 Å². The van der Waals surface area contributed by atoms with Crippen molar-refractivity contribution in [2.45, 2.75) is 39.0 Å². The smallest absolute Gasteiger partial charge is 0.305 e. The van der Waals surface area contributed by atoms with E-state index in [2.05, 4.69) is 0 Å². The van der Waals surface area contributed by atoms with Crippen LogP contribution in [0, 0.1) is 5.92 Å². The second-order valence-electron chi connectivity index (χ2n) is 3.46. The predicted octanol–water partition coefficient (Wildman–Crippen LogP) is 1.70. The van der Waals surface area contributed by atoms with Gasteiger partial charge in [0, 0.05) is 12.8 Å². The molecular formula is C10H16O3. The van der Waals surface area contributed by atoms with E-state index >= 15 is 0 Å². The number of esters is 1. The molecule has 1 aliphatic rings. The Balaban J connectivity index is 2.53. The number of ether oxygens (including phenoxy) is 1. The molecule has 1 aliphatic heterocycles. The maximum absolute atomic E-state index is 11.5. The van der Waals surface area contributed by atoms with E-state index < -0.39 is 0 Å². The van der Waals surface area contributed by atoms with Gasteiger partial charge < -0.3 is 4.74 Å². The van der Waals surface area contributed by atoms with Crippen molar-refractivity contribution in [3.63, 3.8) is 0 Å². The first kappa shape index (κ1) is 10.2. The summed E-state index contributed by atoms with van der Waals surface area (Å²) in [6.45, 7) is 2.24. The van der Waals surface area contributed by atoms with Crippen LogP contribution in [0.5, 0.6) is 0 Å². The zero-order valence-corrected chi connectivity index (χ0v) is 8.04. The van der Waals surface area contributed by atoms with Crippen molar-refractivity contribution in [2.24, 2.45) is 5.92 Å². The van der Waals surface area contributed by atoms with Crippen LogP contribution in [-0.4, -0.2) is 18.4 Å². The van der Waals surface area contributed by atoms with Gasteiger partial charge in [0.1, 0.15) is 12.4 Å². The molecule has 0 aromatic carbocycles. The number of Topliss-reactive ketones (excluding diaryl/α,β-unsaturated/α-hetero) is 1. The first-order valence-corrected chi connectivity index (χ1v) is 4.92. The van der Waals surface area contributed by atoms with Gasteiger partial charge in [0.05, 0.1) is 5.92 Å². The quantitative estimate of drug-likeness (QED) is 0.582. The number of ketones is 1. The summed E-state index contributed by atoms with van der Waals surface area (Å²) in [6, 6.07) is 0. The van der Waals surface area contributed by atoms with Gasteiger partial charge in [0.25, 0.3) is 0 Å². The second kappa shape index (κ2) is 5.00. The highest BCUT2D eigenvalue weighted by molar-refractivity contribution is 5.81. The molecule has 0 saturated carbocycles. The summed E-state index contributed by atoms with van der Waals surface area (Å²) in [5, 5.41) is 0. The zero-order chi connectivity index (χ0) is 9.68. The monoisotopic (exact) mass is 184 g/mol. The highest BCUT2D eigenvalue weighted by Gasteiger charge is 2.19. The molecule has 1 heterocycles. The fraction of sp³-hybridized carbons (Fsp3) is 0.800. The molecule has 0 N–H and O–H groups in total. The Morgan fingerprint density at radius 2 is 2.00 bits per heavy atom. The minimum absolute atomic E-state index is 0.0675. The average Bonchev–Trinajstić information content (AvgIpc) is 2.19. The Hall–Kier alpha value is -0.860. The molecule has 0 aliphatic carbocycles. The van der Waals surface area contributed by atoms with E-state index in [9.17, 15) is 9.59 Å². The van der Waals surface area contributed by atoms with Crippen LogP contribution in [-0.2, 0) is 14.3 Å². The van der Waals surface area contributed by atoms with E-state index in [0.717, 1.165) is 19.3 Å². The van der Waals surface area contributed by atoms with Crippen LogP contribution in [0.15, 0.2) is 0 Å². The van der Waals surface area contributed by atoms with Crippen LogP contribution in [0.3, 0.4) is 0 Å². The van der Waals surface area contributed by atoms with Crippen molar-refractivity contribution in [1.29, 1.82) is 0 Å². The topological polar surface area (TPSA) is 43.4 Å². The van der Waals surface area contributed by atoms with Gasteiger partial charge in [-0.2, -0.15) is 0 Å². The van der Waals surface area contributed by atoms with Gasteiger partial charge in [-0.15, -0.1) is 0 Å². The maximum Gasteiger partial charge on any atom is 0.305 e. The molecule has 1 unspecified atom stereocenters. The first-order valence-electron chi connectivity index (χ1n) is 4.92. The van der Waals surface area contributed by atoms with Gasteiger partial charge >= 0.3 is 5.97 Å². The molecule has 1 fully saturated rings. The average molecular weight is 184 g/mol. The molecule has 3 heteroatoms. The molecule has 1 saturated heterocycles. The van der Waals surface area contributed by atoms with Crippen molar-refractivity contribution in [2.75, 3.05) is 6.61 Å². The number of hydrogen-bond acceptors (Lipinski definition) is 3. The molecule has 1 rings (SSSR count). The van der Waals surface area contributed by atoms with Crippen LogP contribution in [0.1, 0.15) is 39.0 Å². The number of carbonyl (C=O) groups excluding carboxylic acids is 2. The molecule has 0 aromatic rings. The van der Waals surface area contributed by atoms with Crippen molar-refractivity contribution < 1.29 is 14.3 Å². The van der Waals surface area contributed by atoms with Crippen LogP contribution >= 0.6 is 0 Å². The Kier molecular flexibility index (Phi) is 3.93. The van der Waals surface area contributed by atoms with E-state index in [1.165, 1.54) is 0 Å². The van der Waals surface area contributed by atoms with Crippen LogP contribution in [0.4, 0.5) is 0 Å². The second-order valence-corrected chi connectivity index (χ2v) is 3.46. The van der Waals surface area contributed by atoms with Crippen molar-refractivity contribution in [1.82, 2.24) is 0 Å². The van der Waals surface area contributed by atoms with Crippen LogP contribution < -0.4 is 0 Å². The summed E-state index contributed by atoms with van der Waals surface area (Å²) in [5.74, 6) is 0.0207. The molecule has 0 aromatic heterocycles. The Bertz CT molecular complexity index is 198. The minimum atomic E-state index is -0.159. The lowest BCUT2D eigenvalue weighted by molar-refractivity contribution is -0.145. The SMILES string of the molecule is CCC1COC(=O)CCCCC1=O. The van der Waals surface area contributed by atoms with Gasteiger partial charge in [-0.1, -0.05) is 6.92 Å². The summed E-state index contributed by atoms with van der Waals surface area (Å²) in [5.41, 5.74) is 0. The number of carbonyl (C=O) groups is 2. The summed E-state index contributed by atoms with van der Waals surface area (Å²) >= 11 is 0. The standard InChI is InChI=1S/C10H16O3/c1-2-8-7-13-10(12)6-4-3-5-9(8)11/h8H,2-7H2,1H3. The highest BCUT2D eigenvalue weighted by atomic mass is 16.5. The zero-order valence-electron chi connectivity index (χ0n) is 8.04. The fourth-order valence-electron chi connectivity index (χ4n) is 1.48. The molecule has 13 heavy (non-hydrogen) atoms. The lowest BCUT2D eigenvalue weighted by Gasteiger charge is -2.11. The molecule has 1 atom stereocenters. The summed E-state index contributed by atoms with van der Waals surface area (Å²) in [4.78, 5) is 22.5. The normalized spacial score (nSPS) is 25.8. The highest BCUT2D eigenvalue weighted by Crippen LogP contribution is 2.14. The van der Waals surface area contributed by atoms with E-state index in [1.54, 1.807) is 0 Å². The molecule has 0 bridgehead atoms. The van der Waals surface area contributed by atoms with Crippen molar-refractivity contribution in [3.8, 4) is 0 Å². The van der Waals surface area contributed by atoms with E-state index in [-0.39, 0.29) is 24.3 Å². The van der Waals surface area contributed by atoms with Crippen LogP contribution in [0.2, 0.25) is 0 Å². The lowest BCUT2D eigenvalue weighted by Crippen LogP contribution is -2.20. The number of cyclic esters (lactones) is 1. The van der Waals surface area contributed by atoms with Gasteiger partial charge in [-0.25, -0.2) is 0 Å². The van der Waals surface area contributed by atoms with E-state index in [1.807, 2.05) is 6.92 Å². The number of rotatable bonds is 1. The molecule has 74 valence electrons. The van der Waals surface area contributed by atoms with E-state index in [0.29, 0.717) is 12.8 Å². The molecule has 0 spiro atoms. The molecular weight excluding hydrogens is 168 g/mol. The number of hydrogen-bond donors (Lipinski definition) is 0. The predicted molar refractivity (Wildman–Crippen MR) is 48.2 cm³/mol. The summed E-state index contributed by atoms with van der Waals surface area (Å²) in [7, 11) is 0. The third kappa shape index (κ3) is 3.17. The Morgan fingerprint density at radius 1 is 1.31 bits per heavy atom. The Morgan fingerprint density at radius 3 is 2.69 bits per heavy atom. The summed E-state index contributed by atoms with van der Waals surface area (Å²) < 4.78 is 4.98. The Labute approximate surface area is 78.5 Å². The molecule has 0 radical (unpaired) electrons. The van der Waals surface area contributed by atoms with Gasteiger partial charge in [0.2, 0.25) is 0 Å². The third-order valence-electron chi connectivity index (χ3n) is 2.45. The van der Waals surface area contributed by atoms with Crippen LogP contribution in [0.25, 0.3) is 0 Å². The first-order chi connectivity index (χ1) is 6.24. The van der Waals surface area contributed by atoms with Gasteiger partial charge in [-0.05, 0) is 19.3 Å². The fourth-order valence-corrected chi connectivity index (χ4v) is 1.48. The minimum Gasteiger partial charge on any atom is -0.465 e. The molecule has 3 nitrogen and oxygen atoms in total.